The van der Waals surface area contributed by atoms with Crippen LogP contribution in [0.2, 0.25) is 0 Å². The van der Waals surface area contributed by atoms with Gasteiger partial charge < -0.3 is 15.0 Å². The summed E-state index contributed by atoms with van der Waals surface area (Å²) in [5.74, 6) is -3.14. The third kappa shape index (κ3) is 7.44. The number of ether oxygens (including phenoxy) is 1. The molecule has 0 saturated carbocycles. The minimum Gasteiger partial charge on any atom is -0.356 e. The van der Waals surface area contributed by atoms with Crippen LogP contribution < -0.4 is 10.2 Å². The Balaban J connectivity index is 1.38. The van der Waals surface area contributed by atoms with E-state index in [9.17, 15) is 26.6 Å². The summed E-state index contributed by atoms with van der Waals surface area (Å²) in [6.07, 6.45) is 2.59. The summed E-state index contributed by atoms with van der Waals surface area (Å²) in [6.45, 7) is 1.97. The number of alkyl halides is 4. The van der Waals surface area contributed by atoms with Crippen molar-refractivity contribution in [1.29, 1.82) is 4.78 Å². The number of halogens is 5. The summed E-state index contributed by atoms with van der Waals surface area (Å²) in [5.41, 5.74) is 0.578. The molecule has 14 heteroatoms. The van der Waals surface area contributed by atoms with Gasteiger partial charge in [-0.25, -0.2) is 18.4 Å². The first-order valence-corrected chi connectivity index (χ1v) is 16.1. The SMILES string of the molecule is C[C@@H]1C[C@H](C)CN(c2cccc(-c3ccc4cnc(CNC(=O)c5cc(COC(F)F)cc([S@@](=N)(=O)C(F)F)c5)cc4c3F)n2)C1. The fourth-order valence-corrected chi connectivity index (χ4v) is 6.54. The van der Waals surface area contributed by atoms with Crippen molar-refractivity contribution in [3.05, 3.63) is 83.4 Å². The molecular weight excluding hydrogens is 629 g/mol. The molecule has 1 saturated heterocycles. The number of carbonyl (C=O) groups is 1. The van der Waals surface area contributed by atoms with Gasteiger partial charge in [-0.1, -0.05) is 26.0 Å². The standard InChI is InChI=1S/C32H32F5N5O3S/c1-18-8-19(2)16-42(15-18)28-5-3-4-27(41-28)25-7-6-21-13-39-23(12-26(21)29(25)33)14-40-30(43)22-9-20(17-45-31(34)35)10-24(11-22)46(38,44)32(36)37/h3-7,9-13,18-19,31-32,38H,8,14-17H2,1-2H3,(H,40,43)/t18-,19+,46-/m1/s1. The second-order valence-corrected chi connectivity index (χ2v) is 13.6. The number of nitrogens with one attached hydrogen (secondary N) is 2. The molecule has 3 heterocycles. The Bertz CT molecular complexity index is 1850. The van der Waals surface area contributed by atoms with E-state index in [1.165, 1.54) is 12.3 Å². The summed E-state index contributed by atoms with van der Waals surface area (Å²) in [6, 6.07) is 13.1. The van der Waals surface area contributed by atoms with E-state index in [4.69, 9.17) is 9.76 Å². The maximum atomic E-state index is 16.0. The van der Waals surface area contributed by atoms with Crippen LogP contribution in [-0.2, 0) is 27.6 Å². The summed E-state index contributed by atoms with van der Waals surface area (Å²) in [5, 5.41) is 3.28. The Kier molecular flexibility index (Phi) is 9.87. The predicted molar refractivity (Wildman–Crippen MR) is 164 cm³/mol. The first kappa shape index (κ1) is 33.2. The Morgan fingerprint density at radius 2 is 1.83 bits per heavy atom. The molecule has 1 fully saturated rings. The maximum Gasteiger partial charge on any atom is 0.345 e. The maximum absolute atomic E-state index is 16.0. The molecule has 0 bridgehead atoms. The van der Waals surface area contributed by atoms with Crippen LogP contribution in [0.25, 0.3) is 22.0 Å². The highest BCUT2D eigenvalue weighted by Gasteiger charge is 2.25. The molecule has 46 heavy (non-hydrogen) atoms. The van der Waals surface area contributed by atoms with Crippen molar-refractivity contribution in [3.63, 3.8) is 0 Å². The third-order valence-corrected chi connectivity index (χ3v) is 9.17. The van der Waals surface area contributed by atoms with Gasteiger partial charge in [0.05, 0.1) is 29.4 Å². The van der Waals surface area contributed by atoms with E-state index in [2.05, 4.69) is 33.8 Å². The van der Waals surface area contributed by atoms with Crippen LogP contribution in [0.1, 0.15) is 41.9 Å². The molecule has 0 radical (unpaired) electrons. The van der Waals surface area contributed by atoms with Crippen LogP contribution in [0, 0.1) is 22.4 Å². The largest absolute Gasteiger partial charge is 0.356 e. The first-order valence-electron chi connectivity index (χ1n) is 14.5. The van der Waals surface area contributed by atoms with Gasteiger partial charge in [0.2, 0.25) is 0 Å². The molecule has 244 valence electrons. The zero-order valence-electron chi connectivity index (χ0n) is 25.0. The van der Waals surface area contributed by atoms with Crippen molar-refractivity contribution in [2.45, 2.75) is 50.7 Å². The topological polar surface area (TPSA) is 108 Å². The van der Waals surface area contributed by atoms with E-state index in [1.54, 1.807) is 18.2 Å². The number of carbonyl (C=O) groups excluding carboxylic acids is 1. The van der Waals surface area contributed by atoms with Crippen molar-refractivity contribution < 1.29 is 35.7 Å². The minimum atomic E-state index is -4.65. The van der Waals surface area contributed by atoms with E-state index in [0.717, 1.165) is 43.5 Å². The van der Waals surface area contributed by atoms with Gasteiger partial charge in [-0.3, -0.25) is 9.78 Å². The average Bonchev–Trinajstić information content (AvgIpc) is 3.02. The molecule has 8 nitrogen and oxygen atoms in total. The molecule has 2 aromatic carbocycles. The van der Waals surface area contributed by atoms with Crippen LogP contribution >= 0.6 is 0 Å². The fraction of sp³-hybridized carbons (Fsp3) is 0.344. The Hall–Kier alpha value is -4.17. The van der Waals surface area contributed by atoms with Crippen molar-refractivity contribution >= 4 is 32.2 Å². The zero-order valence-corrected chi connectivity index (χ0v) is 25.8. The van der Waals surface area contributed by atoms with E-state index >= 15 is 4.39 Å². The monoisotopic (exact) mass is 661 g/mol. The lowest BCUT2D eigenvalue weighted by Crippen LogP contribution is -2.39. The van der Waals surface area contributed by atoms with Crippen LogP contribution in [-0.4, -0.2) is 45.5 Å². The quantitative estimate of drug-likeness (QED) is 0.174. The number of hydrogen-bond acceptors (Lipinski definition) is 7. The van der Waals surface area contributed by atoms with Gasteiger partial charge in [0.25, 0.3) is 5.91 Å². The molecule has 0 aliphatic carbocycles. The van der Waals surface area contributed by atoms with Gasteiger partial charge in [0.15, 0.2) is 0 Å². The van der Waals surface area contributed by atoms with Gasteiger partial charge >= 0.3 is 12.4 Å². The van der Waals surface area contributed by atoms with Crippen LogP contribution in [0.4, 0.5) is 27.8 Å². The van der Waals surface area contributed by atoms with Gasteiger partial charge in [-0.05, 0) is 66.3 Å². The molecule has 1 amide bonds. The number of anilines is 1. The Morgan fingerprint density at radius 1 is 1.09 bits per heavy atom. The molecular formula is C32H32F5N5O3S. The molecule has 2 N–H and O–H groups in total. The number of aromatic nitrogens is 2. The lowest BCUT2D eigenvalue weighted by Gasteiger charge is -2.36. The van der Waals surface area contributed by atoms with Crippen molar-refractivity contribution in [1.82, 2.24) is 15.3 Å². The molecule has 3 atom stereocenters. The second-order valence-electron chi connectivity index (χ2n) is 11.5. The molecule has 1 aliphatic heterocycles. The van der Waals surface area contributed by atoms with Crippen molar-refractivity contribution in [2.24, 2.45) is 11.8 Å². The molecule has 0 spiro atoms. The molecule has 4 aromatic rings. The average molecular weight is 662 g/mol. The predicted octanol–water partition coefficient (Wildman–Crippen LogP) is 7.22. The van der Waals surface area contributed by atoms with Crippen molar-refractivity contribution in [3.8, 4) is 11.3 Å². The Labute approximate surface area is 263 Å². The number of piperidine rings is 1. The minimum absolute atomic E-state index is 0.149. The van der Waals surface area contributed by atoms with Crippen LogP contribution in [0.15, 0.2) is 65.7 Å². The number of benzene rings is 2. The third-order valence-electron chi connectivity index (χ3n) is 7.73. The lowest BCUT2D eigenvalue weighted by atomic mass is 9.92. The first-order chi connectivity index (χ1) is 21.8. The van der Waals surface area contributed by atoms with E-state index in [0.29, 0.717) is 28.5 Å². The number of pyridine rings is 2. The van der Waals surface area contributed by atoms with Crippen molar-refractivity contribution in [2.75, 3.05) is 18.0 Å². The summed E-state index contributed by atoms with van der Waals surface area (Å²) >= 11 is 0. The number of hydrogen-bond donors (Lipinski definition) is 2. The number of fused-ring (bicyclic) bond motifs is 1. The van der Waals surface area contributed by atoms with Crippen LogP contribution in [0.3, 0.4) is 0 Å². The van der Waals surface area contributed by atoms with Gasteiger partial charge in [-0.2, -0.15) is 17.6 Å². The molecule has 0 unspecified atom stereocenters. The highest BCUT2D eigenvalue weighted by atomic mass is 32.2. The lowest BCUT2D eigenvalue weighted by molar-refractivity contribution is -0.137. The van der Waals surface area contributed by atoms with Gasteiger partial charge in [0.1, 0.15) is 21.4 Å². The molecule has 1 aliphatic rings. The smallest absolute Gasteiger partial charge is 0.345 e. The number of rotatable bonds is 10. The summed E-state index contributed by atoms with van der Waals surface area (Å²) < 4.78 is 91.8. The van der Waals surface area contributed by atoms with E-state index < -0.39 is 45.3 Å². The fourth-order valence-electron chi connectivity index (χ4n) is 5.70. The second kappa shape index (κ2) is 13.7. The van der Waals surface area contributed by atoms with Crippen LogP contribution in [0.5, 0.6) is 0 Å². The summed E-state index contributed by atoms with van der Waals surface area (Å²) in [4.78, 5) is 23.5. The normalized spacial score (nSPS) is 18.2. The van der Waals surface area contributed by atoms with E-state index in [1.807, 2.05) is 12.1 Å². The molecule has 2 aromatic heterocycles. The summed E-state index contributed by atoms with van der Waals surface area (Å²) in [7, 11) is -4.65. The van der Waals surface area contributed by atoms with Gasteiger partial charge in [-0.15, -0.1) is 0 Å². The zero-order chi connectivity index (χ0) is 33.2. The highest BCUT2D eigenvalue weighted by Crippen LogP contribution is 2.31. The Morgan fingerprint density at radius 3 is 2.52 bits per heavy atom. The number of nitrogens with zero attached hydrogens (tertiary/aromatic N) is 3. The highest BCUT2D eigenvalue weighted by molar-refractivity contribution is 7.92. The van der Waals surface area contributed by atoms with E-state index in [-0.39, 0.29) is 28.8 Å². The van der Waals surface area contributed by atoms with Gasteiger partial charge in [0, 0.05) is 41.2 Å². The number of amides is 1. The molecule has 5 rings (SSSR count).